The molecule has 4 nitrogen and oxygen atoms in total. The fourth-order valence-electron chi connectivity index (χ4n) is 1.79. The normalized spacial score (nSPS) is 13.5. The van der Waals surface area contributed by atoms with Crippen LogP contribution in [0.25, 0.3) is 0 Å². The van der Waals surface area contributed by atoms with Gasteiger partial charge in [0.15, 0.2) is 0 Å². The van der Waals surface area contributed by atoms with Gasteiger partial charge in [-0.25, -0.2) is 0 Å². The third-order valence-electron chi connectivity index (χ3n) is 2.82. The topological polar surface area (TPSA) is 49.8 Å². The van der Waals surface area contributed by atoms with E-state index in [2.05, 4.69) is 13.8 Å². The van der Waals surface area contributed by atoms with Crippen molar-refractivity contribution in [1.82, 2.24) is 4.90 Å². The number of rotatable bonds is 8. The molecular formula is C11H23NO3. The summed E-state index contributed by atoms with van der Waals surface area (Å²) in [5.74, 6) is -0.766. The minimum Gasteiger partial charge on any atom is -0.480 e. The van der Waals surface area contributed by atoms with Gasteiger partial charge < -0.3 is 9.84 Å². The van der Waals surface area contributed by atoms with E-state index in [4.69, 9.17) is 9.84 Å². The maximum atomic E-state index is 11.0. The molecule has 0 aliphatic rings. The summed E-state index contributed by atoms with van der Waals surface area (Å²) in [7, 11) is 1.64. The Morgan fingerprint density at radius 1 is 1.40 bits per heavy atom. The smallest absolute Gasteiger partial charge is 0.320 e. The van der Waals surface area contributed by atoms with Crippen LogP contribution in [-0.2, 0) is 9.53 Å². The van der Waals surface area contributed by atoms with Gasteiger partial charge in [0, 0.05) is 19.7 Å². The average molecular weight is 217 g/mol. The van der Waals surface area contributed by atoms with E-state index < -0.39 is 12.0 Å². The van der Waals surface area contributed by atoms with E-state index in [1.165, 1.54) is 0 Å². The summed E-state index contributed by atoms with van der Waals surface area (Å²) in [5.41, 5.74) is 0. The van der Waals surface area contributed by atoms with Crippen molar-refractivity contribution in [3.63, 3.8) is 0 Å². The number of carbonyl (C=O) groups is 1. The first-order valence-corrected chi connectivity index (χ1v) is 5.55. The second-order valence-corrected chi connectivity index (χ2v) is 3.72. The summed E-state index contributed by atoms with van der Waals surface area (Å²) in [6, 6.07) is -0.115. The third kappa shape index (κ3) is 4.62. The number of methoxy groups -OCH3 is 1. The molecule has 0 aromatic heterocycles. The fraction of sp³-hybridized carbons (Fsp3) is 0.909. The molecule has 0 fully saturated rings. The van der Waals surface area contributed by atoms with Crippen molar-refractivity contribution in [1.29, 1.82) is 0 Å². The van der Waals surface area contributed by atoms with Crippen molar-refractivity contribution < 1.29 is 14.6 Å². The molecule has 0 saturated heterocycles. The minimum absolute atomic E-state index is 0.325. The van der Waals surface area contributed by atoms with Gasteiger partial charge in [0.05, 0.1) is 6.61 Å². The van der Waals surface area contributed by atoms with Crippen molar-refractivity contribution in [2.45, 2.75) is 45.7 Å². The Hall–Kier alpha value is -0.610. The van der Waals surface area contributed by atoms with Gasteiger partial charge >= 0.3 is 5.97 Å². The van der Waals surface area contributed by atoms with Crippen molar-refractivity contribution in [2.24, 2.45) is 0 Å². The van der Waals surface area contributed by atoms with E-state index in [0.29, 0.717) is 19.2 Å². The summed E-state index contributed by atoms with van der Waals surface area (Å²) in [6.45, 7) is 7.16. The highest BCUT2D eigenvalue weighted by atomic mass is 16.5. The standard InChI is InChI=1S/C11H23NO3/c1-5-10(6-2)12(7-8-15-4)9(3)11(13)14/h9-10H,5-8H2,1-4H3,(H,13,14). The molecule has 15 heavy (non-hydrogen) atoms. The molecule has 1 atom stereocenters. The van der Waals surface area contributed by atoms with Crippen LogP contribution in [0.3, 0.4) is 0 Å². The van der Waals surface area contributed by atoms with E-state index in [9.17, 15) is 4.79 Å². The Labute approximate surface area is 92.2 Å². The van der Waals surface area contributed by atoms with Crippen LogP contribution in [0, 0.1) is 0 Å². The second kappa shape index (κ2) is 7.65. The van der Waals surface area contributed by atoms with E-state index in [-0.39, 0.29) is 0 Å². The van der Waals surface area contributed by atoms with Crippen LogP contribution in [0.1, 0.15) is 33.6 Å². The molecule has 0 aromatic rings. The van der Waals surface area contributed by atoms with Crippen LogP contribution >= 0.6 is 0 Å². The zero-order valence-electron chi connectivity index (χ0n) is 10.2. The Balaban J connectivity index is 4.46. The predicted octanol–water partition coefficient (Wildman–Crippen LogP) is 1.60. The average Bonchev–Trinajstić information content (AvgIpc) is 2.23. The summed E-state index contributed by atoms with van der Waals surface area (Å²) in [4.78, 5) is 13.0. The first-order valence-electron chi connectivity index (χ1n) is 5.55. The monoisotopic (exact) mass is 217 g/mol. The van der Waals surface area contributed by atoms with Crippen LogP contribution in [0.15, 0.2) is 0 Å². The number of ether oxygens (including phenoxy) is 1. The molecule has 0 spiro atoms. The molecule has 0 amide bonds. The van der Waals surface area contributed by atoms with Gasteiger partial charge in [-0.1, -0.05) is 13.8 Å². The van der Waals surface area contributed by atoms with E-state index >= 15 is 0 Å². The molecule has 4 heteroatoms. The number of carboxylic acid groups (broad SMARTS) is 1. The molecule has 90 valence electrons. The molecule has 0 heterocycles. The van der Waals surface area contributed by atoms with E-state index in [1.807, 2.05) is 4.90 Å². The Morgan fingerprint density at radius 3 is 2.27 bits per heavy atom. The third-order valence-corrected chi connectivity index (χ3v) is 2.82. The molecule has 0 aliphatic carbocycles. The molecule has 0 radical (unpaired) electrons. The summed E-state index contributed by atoms with van der Waals surface area (Å²) in [6.07, 6.45) is 1.94. The van der Waals surface area contributed by atoms with Crippen LogP contribution in [0.4, 0.5) is 0 Å². The van der Waals surface area contributed by atoms with E-state index in [0.717, 1.165) is 12.8 Å². The largest absolute Gasteiger partial charge is 0.480 e. The van der Waals surface area contributed by atoms with Crippen LogP contribution in [0.5, 0.6) is 0 Å². The van der Waals surface area contributed by atoms with Gasteiger partial charge in [0.1, 0.15) is 6.04 Å². The van der Waals surface area contributed by atoms with Crippen LogP contribution in [0.2, 0.25) is 0 Å². The van der Waals surface area contributed by atoms with Gasteiger partial charge in [-0.3, -0.25) is 9.69 Å². The Bertz CT molecular complexity index is 181. The van der Waals surface area contributed by atoms with Gasteiger partial charge in [-0.2, -0.15) is 0 Å². The van der Waals surface area contributed by atoms with Gasteiger partial charge in [0.25, 0.3) is 0 Å². The molecule has 1 N–H and O–H groups in total. The molecule has 1 unspecified atom stereocenters. The molecule has 0 aromatic carbocycles. The number of carboxylic acids is 1. The zero-order chi connectivity index (χ0) is 11.8. The highest BCUT2D eigenvalue weighted by Crippen LogP contribution is 2.12. The lowest BCUT2D eigenvalue weighted by molar-refractivity contribution is -0.144. The highest BCUT2D eigenvalue weighted by molar-refractivity contribution is 5.72. The van der Waals surface area contributed by atoms with Gasteiger partial charge in [-0.05, 0) is 19.8 Å². The number of aliphatic carboxylic acids is 1. The SMILES string of the molecule is CCC(CC)N(CCOC)C(C)C(=O)O. The Kier molecular flexibility index (Phi) is 7.34. The number of hydrogen-bond donors (Lipinski definition) is 1. The fourth-order valence-corrected chi connectivity index (χ4v) is 1.79. The molecule has 0 saturated carbocycles. The highest BCUT2D eigenvalue weighted by Gasteiger charge is 2.25. The van der Waals surface area contributed by atoms with Crippen molar-refractivity contribution in [3.8, 4) is 0 Å². The van der Waals surface area contributed by atoms with E-state index in [1.54, 1.807) is 14.0 Å². The van der Waals surface area contributed by atoms with Crippen molar-refractivity contribution >= 4 is 5.97 Å². The molecule has 0 rings (SSSR count). The zero-order valence-corrected chi connectivity index (χ0v) is 10.2. The van der Waals surface area contributed by atoms with Crippen LogP contribution in [-0.4, -0.2) is 48.3 Å². The lowest BCUT2D eigenvalue weighted by Gasteiger charge is -2.33. The summed E-state index contributed by atoms with van der Waals surface area (Å²) < 4.78 is 5.01. The Morgan fingerprint density at radius 2 is 1.93 bits per heavy atom. The minimum atomic E-state index is -0.766. The summed E-state index contributed by atoms with van der Waals surface area (Å²) in [5, 5.41) is 9.01. The maximum absolute atomic E-state index is 11.0. The molecule has 0 aliphatic heterocycles. The summed E-state index contributed by atoms with van der Waals surface area (Å²) >= 11 is 0. The number of hydrogen-bond acceptors (Lipinski definition) is 3. The first-order chi connectivity index (χ1) is 7.08. The first kappa shape index (κ1) is 14.4. The lowest BCUT2D eigenvalue weighted by Crippen LogP contribution is -2.46. The predicted molar refractivity (Wildman–Crippen MR) is 60.0 cm³/mol. The quantitative estimate of drug-likeness (QED) is 0.671. The van der Waals surface area contributed by atoms with Gasteiger partial charge in [-0.15, -0.1) is 0 Å². The van der Waals surface area contributed by atoms with Crippen LogP contribution < -0.4 is 0 Å². The van der Waals surface area contributed by atoms with Gasteiger partial charge in [0.2, 0.25) is 0 Å². The lowest BCUT2D eigenvalue weighted by atomic mass is 10.1. The maximum Gasteiger partial charge on any atom is 0.320 e. The van der Waals surface area contributed by atoms with Crippen molar-refractivity contribution in [2.75, 3.05) is 20.3 Å². The molecular weight excluding hydrogens is 194 g/mol. The molecule has 0 bridgehead atoms. The van der Waals surface area contributed by atoms with Crippen molar-refractivity contribution in [3.05, 3.63) is 0 Å². The number of nitrogens with zero attached hydrogens (tertiary/aromatic N) is 1. The second-order valence-electron chi connectivity index (χ2n) is 3.72.